The molecule has 0 aliphatic carbocycles. The molecule has 1 rings (SSSR count). The van der Waals surface area contributed by atoms with E-state index in [1.165, 1.54) is 13.8 Å². The summed E-state index contributed by atoms with van der Waals surface area (Å²) in [4.78, 5) is 33.2. The SMILES string of the molecule is CCOC(=O)C(F)(C(=O)OCC)c1ccc([N+](=O)[O-])cc1F. The maximum Gasteiger partial charge on any atom is 0.360 e. The molecule has 0 heterocycles. The number of carbonyl (C=O) groups excluding carboxylic acids is 2. The van der Waals surface area contributed by atoms with Crippen LogP contribution in [0.4, 0.5) is 14.5 Å². The Hall–Kier alpha value is -2.58. The molecule has 7 nitrogen and oxygen atoms in total. The van der Waals surface area contributed by atoms with E-state index in [1.807, 2.05) is 0 Å². The highest BCUT2D eigenvalue weighted by molar-refractivity contribution is 6.04. The second kappa shape index (κ2) is 6.92. The molecule has 1 aromatic rings. The third-order valence-corrected chi connectivity index (χ3v) is 2.65. The molecule has 0 aromatic heterocycles. The van der Waals surface area contributed by atoms with Crippen molar-refractivity contribution in [1.29, 1.82) is 0 Å². The predicted molar refractivity (Wildman–Crippen MR) is 69.1 cm³/mol. The molecule has 9 heteroatoms. The Morgan fingerprint density at radius 2 is 1.73 bits per heavy atom. The summed E-state index contributed by atoms with van der Waals surface area (Å²) in [7, 11) is 0. The average Bonchev–Trinajstić information content (AvgIpc) is 2.46. The van der Waals surface area contributed by atoms with E-state index in [4.69, 9.17) is 0 Å². The van der Waals surface area contributed by atoms with Gasteiger partial charge < -0.3 is 9.47 Å². The topological polar surface area (TPSA) is 95.7 Å². The first kappa shape index (κ1) is 17.5. The normalized spacial score (nSPS) is 10.9. The summed E-state index contributed by atoms with van der Waals surface area (Å²) < 4.78 is 37.8. The molecule has 0 fully saturated rings. The lowest BCUT2D eigenvalue weighted by molar-refractivity contribution is -0.385. The summed E-state index contributed by atoms with van der Waals surface area (Å²) in [5.74, 6) is -4.74. The van der Waals surface area contributed by atoms with Crippen LogP contribution in [-0.2, 0) is 24.7 Å². The van der Waals surface area contributed by atoms with Crippen LogP contribution in [-0.4, -0.2) is 30.1 Å². The predicted octanol–water partition coefficient (Wildman–Crippen LogP) is 2.02. The second-order valence-corrected chi connectivity index (χ2v) is 4.02. The molecule has 0 aliphatic rings. The number of nitro groups is 1. The molecule has 120 valence electrons. The van der Waals surface area contributed by atoms with E-state index in [-0.39, 0.29) is 13.2 Å². The van der Waals surface area contributed by atoms with E-state index in [1.54, 1.807) is 0 Å². The molecule has 0 saturated heterocycles. The zero-order valence-corrected chi connectivity index (χ0v) is 11.8. The Morgan fingerprint density at radius 3 is 2.09 bits per heavy atom. The van der Waals surface area contributed by atoms with Crippen LogP contribution in [0.2, 0.25) is 0 Å². The summed E-state index contributed by atoms with van der Waals surface area (Å²) >= 11 is 0. The third kappa shape index (κ3) is 3.18. The molecule has 22 heavy (non-hydrogen) atoms. The number of ether oxygens (including phenoxy) is 2. The van der Waals surface area contributed by atoms with Gasteiger partial charge in [0.2, 0.25) is 0 Å². The van der Waals surface area contributed by atoms with Crippen molar-refractivity contribution < 1.29 is 32.8 Å². The van der Waals surface area contributed by atoms with Crippen LogP contribution < -0.4 is 0 Å². The van der Waals surface area contributed by atoms with Crippen molar-refractivity contribution in [2.75, 3.05) is 13.2 Å². The van der Waals surface area contributed by atoms with Gasteiger partial charge in [0.1, 0.15) is 5.82 Å². The molecule has 0 atom stereocenters. The van der Waals surface area contributed by atoms with Gasteiger partial charge in [0.05, 0.1) is 24.2 Å². The van der Waals surface area contributed by atoms with Crippen molar-refractivity contribution in [3.05, 3.63) is 39.7 Å². The van der Waals surface area contributed by atoms with Gasteiger partial charge in [-0.1, -0.05) is 0 Å². The standard InChI is InChI=1S/C13H13F2NO6/c1-3-21-11(17)13(15,12(18)22-4-2)9-6-5-8(16(19)20)7-10(9)14/h5-7H,3-4H2,1-2H3. The summed E-state index contributed by atoms with van der Waals surface area (Å²) in [5, 5.41) is 10.5. The van der Waals surface area contributed by atoms with Crippen LogP contribution in [0.5, 0.6) is 0 Å². The number of hydrogen-bond acceptors (Lipinski definition) is 6. The number of esters is 2. The number of carbonyl (C=O) groups is 2. The van der Waals surface area contributed by atoms with Gasteiger partial charge in [-0.15, -0.1) is 0 Å². The number of hydrogen-bond donors (Lipinski definition) is 0. The summed E-state index contributed by atoms with van der Waals surface area (Å²) in [6, 6.07) is 1.81. The Balaban J connectivity index is 3.42. The molecular formula is C13H13F2NO6. The first-order valence-corrected chi connectivity index (χ1v) is 6.26. The third-order valence-electron chi connectivity index (χ3n) is 2.65. The van der Waals surface area contributed by atoms with E-state index in [2.05, 4.69) is 9.47 Å². The molecular weight excluding hydrogens is 304 g/mol. The van der Waals surface area contributed by atoms with Crippen LogP contribution in [0, 0.1) is 15.9 Å². The van der Waals surface area contributed by atoms with Gasteiger partial charge in [0.15, 0.2) is 0 Å². The number of nitro benzene ring substituents is 1. The van der Waals surface area contributed by atoms with Crippen molar-refractivity contribution in [3.8, 4) is 0 Å². The maximum absolute atomic E-state index is 14.9. The smallest absolute Gasteiger partial charge is 0.360 e. The summed E-state index contributed by atoms with van der Waals surface area (Å²) in [5.41, 5.74) is -5.20. The van der Waals surface area contributed by atoms with Crippen LogP contribution >= 0.6 is 0 Å². The van der Waals surface area contributed by atoms with Crippen molar-refractivity contribution in [1.82, 2.24) is 0 Å². The average molecular weight is 317 g/mol. The number of non-ortho nitro benzene ring substituents is 1. The molecule has 0 amide bonds. The highest BCUT2D eigenvalue weighted by Gasteiger charge is 2.53. The lowest BCUT2D eigenvalue weighted by atomic mass is 9.95. The molecule has 1 aromatic carbocycles. The first-order valence-electron chi connectivity index (χ1n) is 6.26. The molecule has 0 aliphatic heterocycles. The zero-order valence-electron chi connectivity index (χ0n) is 11.8. The fourth-order valence-electron chi connectivity index (χ4n) is 1.66. The van der Waals surface area contributed by atoms with Gasteiger partial charge in [0, 0.05) is 11.6 Å². The van der Waals surface area contributed by atoms with E-state index >= 15 is 0 Å². The summed E-state index contributed by atoms with van der Waals surface area (Å²) in [6.45, 7) is 2.24. The van der Waals surface area contributed by atoms with Gasteiger partial charge in [0.25, 0.3) is 5.69 Å². The van der Waals surface area contributed by atoms with E-state index in [0.717, 1.165) is 6.07 Å². The highest BCUT2D eigenvalue weighted by Crippen LogP contribution is 2.33. The molecule has 0 saturated carbocycles. The Kier molecular flexibility index (Phi) is 5.50. The Labute approximate surface area is 124 Å². The highest BCUT2D eigenvalue weighted by atomic mass is 19.1. The molecule has 0 N–H and O–H groups in total. The van der Waals surface area contributed by atoms with Crippen molar-refractivity contribution >= 4 is 17.6 Å². The first-order chi connectivity index (χ1) is 10.3. The monoisotopic (exact) mass is 317 g/mol. The minimum Gasteiger partial charge on any atom is -0.463 e. The van der Waals surface area contributed by atoms with E-state index < -0.39 is 39.6 Å². The number of rotatable bonds is 6. The number of nitrogens with zero attached hydrogens (tertiary/aromatic N) is 1. The maximum atomic E-state index is 14.9. The van der Waals surface area contributed by atoms with E-state index in [0.29, 0.717) is 12.1 Å². The van der Waals surface area contributed by atoms with Gasteiger partial charge >= 0.3 is 17.6 Å². The van der Waals surface area contributed by atoms with Crippen molar-refractivity contribution in [2.45, 2.75) is 19.5 Å². The Bertz CT molecular complexity index is 586. The zero-order chi connectivity index (χ0) is 16.9. The largest absolute Gasteiger partial charge is 0.463 e. The fraction of sp³-hybridized carbons (Fsp3) is 0.385. The Morgan fingerprint density at radius 1 is 1.23 bits per heavy atom. The second-order valence-electron chi connectivity index (χ2n) is 4.02. The fourth-order valence-corrected chi connectivity index (χ4v) is 1.66. The van der Waals surface area contributed by atoms with Gasteiger partial charge in [-0.3, -0.25) is 10.1 Å². The van der Waals surface area contributed by atoms with Crippen LogP contribution in [0.3, 0.4) is 0 Å². The lowest BCUT2D eigenvalue weighted by Crippen LogP contribution is -2.43. The van der Waals surface area contributed by atoms with Crippen LogP contribution in [0.1, 0.15) is 19.4 Å². The molecule has 0 unspecified atom stereocenters. The summed E-state index contributed by atoms with van der Waals surface area (Å²) in [6.07, 6.45) is 0. The molecule has 0 spiro atoms. The molecule has 0 bridgehead atoms. The quantitative estimate of drug-likeness (QED) is 0.345. The lowest BCUT2D eigenvalue weighted by Gasteiger charge is -2.21. The minimum atomic E-state index is -3.54. The minimum absolute atomic E-state index is 0.251. The van der Waals surface area contributed by atoms with Gasteiger partial charge in [-0.05, 0) is 19.9 Å². The van der Waals surface area contributed by atoms with Gasteiger partial charge in [-0.25, -0.2) is 18.4 Å². The van der Waals surface area contributed by atoms with Crippen LogP contribution in [0.15, 0.2) is 18.2 Å². The number of alkyl halides is 1. The van der Waals surface area contributed by atoms with Crippen molar-refractivity contribution in [3.63, 3.8) is 0 Å². The van der Waals surface area contributed by atoms with Crippen LogP contribution in [0.25, 0.3) is 0 Å². The van der Waals surface area contributed by atoms with Gasteiger partial charge in [-0.2, -0.15) is 0 Å². The van der Waals surface area contributed by atoms with E-state index in [9.17, 15) is 28.5 Å². The van der Waals surface area contributed by atoms with Crippen molar-refractivity contribution in [2.24, 2.45) is 0 Å². The molecule has 0 radical (unpaired) electrons. The number of halogens is 2. The number of benzene rings is 1.